The number of hydrogen-bond acceptors (Lipinski definition) is 6. The van der Waals surface area contributed by atoms with Gasteiger partial charge in [0.15, 0.2) is 0 Å². The molecule has 0 N–H and O–H groups in total. The zero-order valence-electron chi connectivity index (χ0n) is 11.3. The average molecular weight is 488 g/mol. The zero-order valence-corrected chi connectivity index (χ0v) is 15.1. The molecule has 0 saturated heterocycles. The minimum Gasteiger partial charge on any atom is -0.222 e. The fourth-order valence-corrected chi connectivity index (χ4v) is 0.400. The minimum atomic E-state index is -4.94. The number of rotatable bonds is 3. The van der Waals surface area contributed by atoms with E-state index in [2.05, 4.69) is 54.0 Å². The van der Waals surface area contributed by atoms with Crippen molar-refractivity contribution in [2.45, 2.75) is 6.92 Å². The van der Waals surface area contributed by atoms with Crippen LogP contribution in [0.2, 0.25) is 0 Å². The molecule has 0 amide bonds. The molecule has 0 aliphatic rings. The van der Waals surface area contributed by atoms with E-state index in [-0.39, 0.29) is 0 Å². The normalized spacial score (nSPS) is 9.44. The van der Waals surface area contributed by atoms with Gasteiger partial charge in [-0.2, -0.15) is 0 Å². The summed E-state index contributed by atoms with van der Waals surface area (Å²) in [6, 6.07) is 0. The van der Waals surface area contributed by atoms with Crippen LogP contribution in [0, 0.1) is 10.2 Å². The number of nitrogens with zero attached hydrogens (tertiary/aromatic N) is 2. The van der Waals surface area contributed by atoms with E-state index in [1.54, 1.807) is 24.8 Å². The Morgan fingerprint density at radius 1 is 1.00 bits per heavy atom. The minimum absolute atomic E-state index is 1.15. The van der Waals surface area contributed by atoms with Gasteiger partial charge in [-0.1, -0.05) is 6.08 Å². The SMILES string of the molecule is C=CC.CN(C)CCN(C)C.[Cl][Pt+].[O-][Cl+3]([O-])([O-])[O-]. The first kappa shape index (κ1) is 27.2. The fraction of sp³-hybridized carbons (Fsp3) is 0.778. The summed E-state index contributed by atoms with van der Waals surface area (Å²) in [4.78, 5) is 4.36. The van der Waals surface area contributed by atoms with Crippen LogP contribution in [0.25, 0.3) is 0 Å². The van der Waals surface area contributed by atoms with Gasteiger partial charge >= 0.3 is 28.2 Å². The van der Waals surface area contributed by atoms with Crippen LogP contribution in [0.4, 0.5) is 0 Å². The van der Waals surface area contributed by atoms with Gasteiger partial charge in [-0.25, -0.2) is 18.6 Å². The molecule has 0 unspecified atom stereocenters. The molecule has 0 fully saturated rings. The van der Waals surface area contributed by atoms with E-state index in [0.29, 0.717) is 0 Å². The van der Waals surface area contributed by atoms with E-state index in [1.165, 1.54) is 0 Å². The molecule has 0 aliphatic carbocycles. The molecular weight excluding hydrogens is 466 g/mol. The monoisotopic (exact) mass is 487 g/mol. The first-order valence-electron chi connectivity index (χ1n) is 4.64. The number of halogens is 2. The van der Waals surface area contributed by atoms with E-state index >= 15 is 0 Å². The van der Waals surface area contributed by atoms with Crippen molar-refractivity contribution < 1.29 is 47.7 Å². The Hall–Kier alpha value is 0.768. The average Bonchev–Trinajstić information content (AvgIpc) is 2.16. The molecule has 6 nitrogen and oxygen atoms in total. The first-order chi connectivity index (χ1) is 8.04. The Kier molecular flexibility index (Phi) is 30.3. The molecule has 0 aliphatic heterocycles. The summed E-state index contributed by atoms with van der Waals surface area (Å²) in [5, 5.41) is 0. The maximum Gasteiger partial charge on any atom is -0.112 e. The molecule has 9 heteroatoms. The van der Waals surface area contributed by atoms with Gasteiger partial charge in [0.25, 0.3) is 0 Å². The van der Waals surface area contributed by atoms with Crippen molar-refractivity contribution in [3.05, 3.63) is 12.7 Å². The van der Waals surface area contributed by atoms with Crippen LogP contribution in [0.1, 0.15) is 6.92 Å². The molecule has 0 bridgehead atoms. The Balaban J connectivity index is -0.0000000842. The summed E-state index contributed by atoms with van der Waals surface area (Å²) in [7, 11) is 8.01. The Bertz CT molecular complexity index is 144. The first-order valence-corrected chi connectivity index (χ1v) is 8.69. The van der Waals surface area contributed by atoms with Gasteiger partial charge in [0, 0.05) is 13.1 Å². The molecule has 0 aromatic carbocycles. The smallest absolute Gasteiger partial charge is 0.112 e. The molecular formula is C9H22Cl2N2O4Pt. The predicted octanol–water partition coefficient (Wildman–Crippen LogP) is -2.77. The molecule has 0 saturated carbocycles. The van der Waals surface area contributed by atoms with Crippen molar-refractivity contribution in [1.82, 2.24) is 9.80 Å². The molecule has 18 heavy (non-hydrogen) atoms. The predicted molar refractivity (Wildman–Crippen MR) is 58.8 cm³/mol. The summed E-state index contributed by atoms with van der Waals surface area (Å²) >= 11 is 1.61. The van der Waals surface area contributed by atoms with Crippen molar-refractivity contribution in [2.75, 3.05) is 41.3 Å². The van der Waals surface area contributed by atoms with Gasteiger partial charge in [-0.15, -0.1) is 16.8 Å². The van der Waals surface area contributed by atoms with Crippen molar-refractivity contribution >= 4 is 9.42 Å². The topological polar surface area (TPSA) is 98.7 Å². The third-order valence-electron chi connectivity index (χ3n) is 0.994. The summed E-state index contributed by atoms with van der Waals surface area (Å²) in [5.41, 5.74) is 0. The summed E-state index contributed by atoms with van der Waals surface area (Å²) in [6.07, 6.45) is 1.75. The van der Waals surface area contributed by atoms with Crippen LogP contribution in [0.15, 0.2) is 12.7 Å². The van der Waals surface area contributed by atoms with Crippen LogP contribution in [0.5, 0.6) is 0 Å². The number of likely N-dealkylation sites (N-methyl/N-ethyl adjacent to an activating group) is 2. The third kappa shape index (κ3) is 125. The van der Waals surface area contributed by atoms with E-state index in [9.17, 15) is 0 Å². The van der Waals surface area contributed by atoms with Crippen LogP contribution in [0.3, 0.4) is 0 Å². The van der Waals surface area contributed by atoms with Gasteiger partial charge in [-0.05, 0) is 35.1 Å². The summed E-state index contributed by atoms with van der Waals surface area (Å²) in [6.45, 7) is 7.54. The van der Waals surface area contributed by atoms with Crippen LogP contribution in [-0.4, -0.2) is 51.1 Å². The second kappa shape index (κ2) is 20.1. The van der Waals surface area contributed by atoms with Gasteiger partial charge < -0.3 is 9.80 Å². The van der Waals surface area contributed by atoms with Gasteiger partial charge in [0.05, 0.1) is 0 Å². The van der Waals surface area contributed by atoms with E-state index in [4.69, 9.17) is 18.6 Å². The van der Waals surface area contributed by atoms with Gasteiger partial charge in [-0.3, -0.25) is 0 Å². The molecule has 0 aromatic rings. The molecule has 0 atom stereocenters. The maximum absolute atomic E-state index is 8.49. The Morgan fingerprint density at radius 3 is 1.17 bits per heavy atom. The fourth-order valence-electron chi connectivity index (χ4n) is 0.400. The molecule has 0 spiro atoms. The number of allylic oxidation sites excluding steroid dienone is 1. The van der Waals surface area contributed by atoms with Crippen LogP contribution < -0.4 is 18.6 Å². The number of hydrogen-bond donors (Lipinski definition) is 0. The van der Waals surface area contributed by atoms with Crippen LogP contribution in [-0.2, 0) is 18.8 Å². The molecule has 116 valence electrons. The molecule has 0 aromatic heterocycles. The largest absolute Gasteiger partial charge is 0.222 e. The third-order valence-corrected chi connectivity index (χ3v) is 0.994. The quantitative estimate of drug-likeness (QED) is 0.400. The molecule has 0 radical (unpaired) electrons. The Morgan fingerprint density at radius 2 is 1.11 bits per heavy atom. The molecule has 0 rings (SSSR count). The van der Waals surface area contributed by atoms with Gasteiger partial charge in [0.2, 0.25) is 0 Å². The Labute approximate surface area is 127 Å². The summed E-state index contributed by atoms with van der Waals surface area (Å²) in [5.74, 6) is 0. The van der Waals surface area contributed by atoms with Gasteiger partial charge in [0.1, 0.15) is 0 Å². The van der Waals surface area contributed by atoms with Crippen molar-refractivity contribution in [3.63, 3.8) is 0 Å². The second-order valence-electron chi connectivity index (χ2n) is 3.39. The van der Waals surface area contributed by atoms with E-state index in [0.717, 1.165) is 13.1 Å². The van der Waals surface area contributed by atoms with Crippen LogP contribution >= 0.6 is 9.42 Å². The van der Waals surface area contributed by atoms with Crippen molar-refractivity contribution in [2.24, 2.45) is 0 Å². The summed E-state index contributed by atoms with van der Waals surface area (Å²) < 4.78 is 34.0. The zero-order chi connectivity index (χ0) is 15.8. The standard InChI is InChI=1S/C6H16N2.C3H6.ClHO4.ClH.Pt/c1-7(2)5-6-8(3)4;1-3-2;2-1(3,4)5;;/h5-6H2,1-4H3;3H,1H2,2H3;(H,2,3,4,5);1H;/q;;;;+2/p-2. The maximum atomic E-state index is 8.49. The van der Waals surface area contributed by atoms with Crippen molar-refractivity contribution in [1.29, 1.82) is 0 Å². The van der Waals surface area contributed by atoms with Crippen molar-refractivity contribution in [3.8, 4) is 0 Å². The van der Waals surface area contributed by atoms with E-state index in [1.807, 2.05) is 6.92 Å². The van der Waals surface area contributed by atoms with E-state index < -0.39 is 10.2 Å². The second-order valence-corrected chi connectivity index (χ2v) is 4.15. The molecule has 0 heterocycles.